The van der Waals surface area contributed by atoms with Gasteiger partial charge >= 0.3 is 0 Å². The Labute approximate surface area is 121 Å². The number of nitrogens with one attached hydrogen (secondary N) is 1. The van der Waals surface area contributed by atoms with Gasteiger partial charge in [-0.3, -0.25) is 0 Å². The maximum absolute atomic E-state index is 6.02. The molecule has 0 spiro atoms. The zero-order valence-electron chi connectivity index (χ0n) is 10.4. The van der Waals surface area contributed by atoms with Gasteiger partial charge in [0, 0.05) is 6.42 Å². The summed E-state index contributed by atoms with van der Waals surface area (Å²) in [6.45, 7) is 2.07. The van der Waals surface area contributed by atoms with Crippen LogP contribution in [0.2, 0.25) is 10.0 Å². The lowest BCUT2D eigenvalue weighted by Gasteiger charge is -2.00. The molecular weight excluding hydrogens is 279 g/mol. The lowest BCUT2D eigenvalue weighted by atomic mass is 10.1. The molecule has 19 heavy (non-hydrogen) atoms. The number of aromatic amines is 1. The van der Waals surface area contributed by atoms with Crippen LogP contribution in [0.1, 0.15) is 17.0 Å². The molecule has 96 valence electrons. The summed E-state index contributed by atoms with van der Waals surface area (Å²) in [5, 5.41) is 1.15. The zero-order valence-corrected chi connectivity index (χ0v) is 11.9. The van der Waals surface area contributed by atoms with Crippen LogP contribution in [0.4, 0.5) is 0 Å². The summed E-state index contributed by atoms with van der Waals surface area (Å²) in [6.07, 6.45) is 0.713. The lowest BCUT2D eigenvalue weighted by molar-refractivity contribution is 1.04. The van der Waals surface area contributed by atoms with Gasteiger partial charge in [-0.1, -0.05) is 35.3 Å². The molecule has 1 N–H and O–H groups in total. The van der Waals surface area contributed by atoms with Crippen molar-refractivity contribution >= 4 is 34.2 Å². The molecule has 1 aromatic heterocycles. The number of H-pyrrole nitrogens is 1. The highest BCUT2D eigenvalue weighted by Crippen LogP contribution is 2.24. The number of rotatable bonds is 2. The van der Waals surface area contributed by atoms with Crippen molar-refractivity contribution in [3.8, 4) is 0 Å². The minimum atomic E-state index is 0.575. The highest BCUT2D eigenvalue weighted by Gasteiger charge is 2.05. The third kappa shape index (κ3) is 2.60. The summed E-state index contributed by atoms with van der Waals surface area (Å²) in [4.78, 5) is 7.90. The Kier molecular flexibility index (Phi) is 3.21. The van der Waals surface area contributed by atoms with Gasteiger partial charge in [-0.05, 0) is 42.3 Å². The van der Waals surface area contributed by atoms with E-state index in [4.69, 9.17) is 23.2 Å². The van der Waals surface area contributed by atoms with E-state index in [9.17, 15) is 0 Å². The van der Waals surface area contributed by atoms with E-state index in [0.29, 0.717) is 16.5 Å². The van der Waals surface area contributed by atoms with Crippen LogP contribution >= 0.6 is 23.2 Å². The standard InChI is InChI=1S/C15H12Cl2N2/c1-9-2-5-13-14(6-9)19-15(18-13)8-10-3-4-11(16)12(17)7-10/h2-7H,8H2,1H3,(H,18,19). The smallest absolute Gasteiger partial charge is 0.111 e. The predicted octanol–water partition coefficient (Wildman–Crippen LogP) is 4.77. The van der Waals surface area contributed by atoms with E-state index in [1.165, 1.54) is 5.56 Å². The molecule has 4 heteroatoms. The van der Waals surface area contributed by atoms with Gasteiger partial charge in [0.15, 0.2) is 0 Å². The molecule has 0 saturated heterocycles. The highest BCUT2D eigenvalue weighted by atomic mass is 35.5. The monoisotopic (exact) mass is 290 g/mol. The maximum atomic E-state index is 6.02. The number of nitrogens with zero attached hydrogens (tertiary/aromatic N) is 1. The van der Waals surface area contributed by atoms with Crippen molar-refractivity contribution in [1.82, 2.24) is 9.97 Å². The summed E-state index contributed by atoms with van der Waals surface area (Å²) >= 11 is 11.9. The van der Waals surface area contributed by atoms with Gasteiger partial charge in [0.05, 0.1) is 21.1 Å². The average Bonchev–Trinajstić information content (AvgIpc) is 2.75. The molecule has 0 amide bonds. The normalized spacial score (nSPS) is 11.1. The van der Waals surface area contributed by atoms with Gasteiger partial charge in [0.2, 0.25) is 0 Å². The molecule has 0 atom stereocenters. The Balaban J connectivity index is 1.94. The molecule has 1 heterocycles. The van der Waals surface area contributed by atoms with Gasteiger partial charge in [0.25, 0.3) is 0 Å². The van der Waals surface area contributed by atoms with E-state index in [1.54, 1.807) is 0 Å². The van der Waals surface area contributed by atoms with Crippen LogP contribution in [-0.2, 0) is 6.42 Å². The minimum absolute atomic E-state index is 0.575. The number of hydrogen-bond donors (Lipinski definition) is 1. The highest BCUT2D eigenvalue weighted by molar-refractivity contribution is 6.42. The Morgan fingerprint density at radius 2 is 1.89 bits per heavy atom. The van der Waals surface area contributed by atoms with Gasteiger partial charge in [0.1, 0.15) is 5.82 Å². The second-order valence-corrected chi connectivity index (χ2v) is 5.44. The quantitative estimate of drug-likeness (QED) is 0.724. The van der Waals surface area contributed by atoms with Crippen molar-refractivity contribution in [2.24, 2.45) is 0 Å². The second-order valence-electron chi connectivity index (χ2n) is 4.63. The van der Waals surface area contributed by atoms with Crippen LogP contribution in [-0.4, -0.2) is 9.97 Å². The Hall–Kier alpha value is -1.51. The Bertz CT molecular complexity index is 747. The van der Waals surface area contributed by atoms with Crippen molar-refractivity contribution in [1.29, 1.82) is 0 Å². The summed E-state index contributed by atoms with van der Waals surface area (Å²) in [5.41, 5.74) is 4.36. The van der Waals surface area contributed by atoms with Crippen LogP contribution in [0.3, 0.4) is 0 Å². The molecule has 0 fully saturated rings. The first kappa shape index (κ1) is 12.5. The van der Waals surface area contributed by atoms with Gasteiger partial charge < -0.3 is 4.98 Å². The van der Waals surface area contributed by atoms with Crippen molar-refractivity contribution < 1.29 is 0 Å². The topological polar surface area (TPSA) is 28.7 Å². The average molecular weight is 291 g/mol. The van der Waals surface area contributed by atoms with E-state index in [2.05, 4.69) is 29.0 Å². The first-order valence-electron chi connectivity index (χ1n) is 6.01. The number of aryl methyl sites for hydroxylation is 1. The summed E-state index contributed by atoms with van der Waals surface area (Å²) < 4.78 is 0. The molecule has 0 aliphatic rings. The first-order valence-corrected chi connectivity index (χ1v) is 6.76. The van der Waals surface area contributed by atoms with Crippen molar-refractivity contribution in [3.63, 3.8) is 0 Å². The molecule has 2 aromatic carbocycles. The molecule has 0 aliphatic carbocycles. The summed E-state index contributed by atoms with van der Waals surface area (Å²) in [7, 11) is 0. The Morgan fingerprint density at radius 3 is 2.68 bits per heavy atom. The summed E-state index contributed by atoms with van der Waals surface area (Å²) in [6, 6.07) is 11.8. The number of hydrogen-bond acceptors (Lipinski definition) is 1. The third-order valence-electron chi connectivity index (χ3n) is 3.04. The third-order valence-corrected chi connectivity index (χ3v) is 3.78. The largest absolute Gasteiger partial charge is 0.342 e. The molecule has 3 rings (SSSR count). The fraction of sp³-hybridized carbons (Fsp3) is 0.133. The van der Waals surface area contributed by atoms with Crippen LogP contribution in [0.15, 0.2) is 36.4 Å². The molecule has 2 nitrogen and oxygen atoms in total. The number of imidazole rings is 1. The van der Waals surface area contributed by atoms with Crippen LogP contribution in [0, 0.1) is 6.92 Å². The SMILES string of the molecule is Cc1ccc2nc(Cc3ccc(Cl)c(Cl)c3)[nH]c2c1. The van der Waals surface area contributed by atoms with Crippen LogP contribution in [0.5, 0.6) is 0 Å². The van der Waals surface area contributed by atoms with Gasteiger partial charge in [-0.25, -0.2) is 4.98 Å². The van der Waals surface area contributed by atoms with Crippen molar-refractivity contribution in [3.05, 3.63) is 63.4 Å². The van der Waals surface area contributed by atoms with E-state index in [1.807, 2.05) is 24.3 Å². The van der Waals surface area contributed by atoms with Gasteiger partial charge in [-0.2, -0.15) is 0 Å². The molecule has 0 radical (unpaired) electrons. The second kappa shape index (κ2) is 4.87. The molecular formula is C15H12Cl2N2. The number of aromatic nitrogens is 2. The van der Waals surface area contributed by atoms with Gasteiger partial charge in [-0.15, -0.1) is 0 Å². The maximum Gasteiger partial charge on any atom is 0.111 e. The Morgan fingerprint density at radius 1 is 1.05 bits per heavy atom. The number of fused-ring (bicyclic) bond motifs is 1. The van der Waals surface area contributed by atoms with E-state index in [-0.39, 0.29) is 0 Å². The van der Waals surface area contributed by atoms with E-state index in [0.717, 1.165) is 22.4 Å². The number of benzene rings is 2. The van der Waals surface area contributed by atoms with E-state index >= 15 is 0 Å². The summed E-state index contributed by atoms with van der Waals surface area (Å²) in [5.74, 6) is 0.930. The molecule has 0 unspecified atom stereocenters. The molecule has 3 aromatic rings. The van der Waals surface area contributed by atoms with E-state index < -0.39 is 0 Å². The number of halogens is 2. The van der Waals surface area contributed by atoms with Crippen LogP contribution in [0.25, 0.3) is 11.0 Å². The minimum Gasteiger partial charge on any atom is -0.342 e. The fourth-order valence-corrected chi connectivity index (χ4v) is 2.42. The molecule has 0 saturated carbocycles. The lowest BCUT2D eigenvalue weighted by Crippen LogP contribution is -1.90. The van der Waals surface area contributed by atoms with Crippen molar-refractivity contribution in [2.75, 3.05) is 0 Å². The zero-order chi connectivity index (χ0) is 13.4. The molecule has 0 aliphatic heterocycles. The van der Waals surface area contributed by atoms with Crippen LogP contribution < -0.4 is 0 Å². The first-order chi connectivity index (χ1) is 9.11. The molecule has 0 bridgehead atoms. The van der Waals surface area contributed by atoms with Crippen molar-refractivity contribution in [2.45, 2.75) is 13.3 Å². The predicted molar refractivity (Wildman–Crippen MR) is 80.1 cm³/mol. The fourth-order valence-electron chi connectivity index (χ4n) is 2.10.